The topological polar surface area (TPSA) is 86.4 Å². The van der Waals surface area contributed by atoms with Crippen LogP contribution in [0.2, 0.25) is 0 Å². The van der Waals surface area contributed by atoms with Crippen LogP contribution in [0, 0.1) is 15.9 Å². The fraction of sp³-hybridized carbons (Fsp3) is 0.222. The lowest BCUT2D eigenvalue weighted by molar-refractivity contribution is -0.384. The number of nitrogens with one attached hydrogen (secondary N) is 1. The Bertz CT molecular complexity index is 1320. The number of aromatic nitrogens is 1. The van der Waals surface area contributed by atoms with Gasteiger partial charge in [0.1, 0.15) is 5.82 Å². The minimum absolute atomic E-state index is 0.0291. The average Bonchev–Trinajstić information content (AvgIpc) is 3.21. The number of rotatable bonds is 10. The lowest BCUT2D eigenvalue weighted by Gasteiger charge is -2.17. The molecule has 180 valence electrons. The van der Waals surface area contributed by atoms with Gasteiger partial charge in [0.2, 0.25) is 5.91 Å². The molecule has 1 N–H and O–H groups in total. The van der Waals surface area contributed by atoms with Crippen LogP contribution >= 0.6 is 0 Å². The molecular formula is C27H26FN3O4. The van der Waals surface area contributed by atoms with E-state index in [1.54, 1.807) is 31.4 Å². The smallest absolute Gasteiger partial charge is 0.270 e. The summed E-state index contributed by atoms with van der Waals surface area (Å²) in [5.74, 6) is -0.996. The van der Waals surface area contributed by atoms with Gasteiger partial charge < -0.3 is 14.6 Å². The summed E-state index contributed by atoms with van der Waals surface area (Å²) in [6, 6.07) is 20.7. The Morgan fingerprint density at radius 3 is 2.54 bits per heavy atom. The zero-order valence-corrected chi connectivity index (χ0v) is 19.3. The standard InChI is InChI=1S/C27H26FN3O4/c1-35-14-13-29-27(32)16-23(20-7-9-21(28)10-8-20)25-18-30(17-19-5-3-2-4-6-19)26-12-11-22(31(33)34)15-24(25)26/h2-12,15,18,23H,13-14,16-17H2,1H3,(H,29,32)/t23-/m1/s1. The summed E-state index contributed by atoms with van der Waals surface area (Å²) in [5.41, 5.74) is 3.39. The molecule has 7 nitrogen and oxygen atoms in total. The molecule has 0 fully saturated rings. The van der Waals surface area contributed by atoms with E-state index < -0.39 is 10.8 Å². The molecule has 35 heavy (non-hydrogen) atoms. The molecule has 0 bridgehead atoms. The van der Waals surface area contributed by atoms with Gasteiger partial charge >= 0.3 is 0 Å². The van der Waals surface area contributed by atoms with E-state index in [0.29, 0.717) is 25.1 Å². The second-order valence-corrected chi connectivity index (χ2v) is 8.31. The van der Waals surface area contributed by atoms with Crippen molar-refractivity contribution in [1.82, 2.24) is 9.88 Å². The number of non-ortho nitro benzene ring substituents is 1. The van der Waals surface area contributed by atoms with Gasteiger partial charge in [0, 0.05) is 61.8 Å². The Morgan fingerprint density at radius 1 is 1.11 bits per heavy atom. The third kappa shape index (κ3) is 5.73. The van der Waals surface area contributed by atoms with Gasteiger partial charge in [-0.1, -0.05) is 42.5 Å². The van der Waals surface area contributed by atoms with Crippen molar-refractivity contribution in [1.29, 1.82) is 0 Å². The maximum atomic E-state index is 13.7. The van der Waals surface area contributed by atoms with Gasteiger partial charge in [0.05, 0.1) is 11.5 Å². The molecule has 0 spiro atoms. The van der Waals surface area contributed by atoms with Gasteiger partial charge in [0.15, 0.2) is 0 Å². The number of ether oxygens (including phenoxy) is 1. The zero-order valence-electron chi connectivity index (χ0n) is 19.3. The summed E-state index contributed by atoms with van der Waals surface area (Å²) < 4.78 is 20.7. The predicted octanol–water partition coefficient (Wildman–Crippen LogP) is 5.02. The highest BCUT2D eigenvalue weighted by atomic mass is 19.1. The van der Waals surface area contributed by atoms with Crippen LogP contribution in [-0.4, -0.2) is 35.7 Å². The number of halogens is 1. The third-order valence-corrected chi connectivity index (χ3v) is 5.97. The van der Waals surface area contributed by atoms with E-state index in [4.69, 9.17) is 4.74 Å². The average molecular weight is 476 g/mol. The molecule has 0 aliphatic carbocycles. The molecule has 1 amide bonds. The monoisotopic (exact) mass is 475 g/mol. The highest BCUT2D eigenvalue weighted by molar-refractivity contribution is 5.88. The number of hydrogen-bond acceptors (Lipinski definition) is 4. The molecule has 1 heterocycles. The van der Waals surface area contributed by atoms with Gasteiger partial charge in [-0.05, 0) is 34.9 Å². The lowest BCUT2D eigenvalue weighted by atomic mass is 9.88. The molecule has 4 rings (SSSR count). The number of methoxy groups -OCH3 is 1. The first-order chi connectivity index (χ1) is 17.0. The molecule has 0 saturated carbocycles. The molecule has 3 aromatic carbocycles. The Morgan fingerprint density at radius 2 is 1.86 bits per heavy atom. The first-order valence-electron chi connectivity index (χ1n) is 11.3. The Balaban J connectivity index is 1.82. The van der Waals surface area contributed by atoms with Crippen LogP contribution in [0.1, 0.15) is 29.0 Å². The number of nitro groups is 1. The normalized spacial score (nSPS) is 11.9. The van der Waals surface area contributed by atoms with Crippen molar-refractivity contribution >= 4 is 22.5 Å². The van der Waals surface area contributed by atoms with E-state index in [1.165, 1.54) is 18.2 Å². The van der Waals surface area contributed by atoms with Crippen molar-refractivity contribution in [2.75, 3.05) is 20.3 Å². The first-order valence-corrected chi connectivity index (χ1v) is 11.3. The largest absolute Gasteiger partial charge is 0.383 e. The highest BCUT2D eigenvalue weighted by Gasteiger charge is 2.24. The summed E-state index contributed by atoms with van der Waals surface area (Å²) in [5, 5.41) is 15.1. The number of fused-ring (bicyclic) bond motifs is 1. The van der Waals surface area contributed by atoms with Crippen molar-refractivity contribution in [3.05, 3.63) is 112 Å². The van der Waals surface area contributed by atoms with Gasteiger partial charge in [-0.3, -0.25) is 14.9 Å². The zero-order chi connectivity index (χ0) is 24.8. The molecule has 4 aromatic rings. The molecule has 0 aliphatic heterocycles. The number of nitrogens with zero attached hydrogens (tertiary/aromatic N) is 2. The van der Waals surface area contributed by atoms with E-state index >= 15 is 0 Å². The minimum Gasteiger partial charge on any atom is -0.383 e. The van der Waals surface area contributed by atoms with Crippen molar-refractivity contribution < 1.29 is 18.8 Å². The minimum atomic E-state index is -0.431. The van der Waals surface area contributed by atoms with Crippen molar-refractivity contribution in [3.63, 3.8) is 0 Å². The molecule has 0 radical (unpaired) electrons. The maximum absolute atomic E-state index is 13.7. The van der Waals surface area contributed by atoms with Crippen LogP contribution in [-0.2, 0) is 16.1 Å². The second-order valence-electron chi connectivity index (χ2n) is 8.31. The predicted molar refractivity (Wildman–Crippen MR) is 132 cm³/mol. The molecule has 1 aromatic heterocycles. The van der Waals surface area contributed by atoms with Crippen LogP contribution in [0.25, 0.3) is 10.9 Å². The van der Waals surface area contributed by atoms with E-state index in [1.807, 2.05) is 41.1 Å². The van der Waals surface area contributed by atoms with Gasteiger partial charge in [0.25, 0.3) is 5.69 Å². The van der Waals surface area contributed by atoms with Crippen molar-refractivity contribution in [2.45, 2.75) is 18.9 Å². The third-order valence-electron chi connectivity index (χ3n) is 5.97. The Hall–Kier alpha value is -4.04. The number of hydrogen-bond donors (Lipinski definition) is 1. The Labute approximate surface area is 202 Å². The van der Waals surface area contributed by atoms with Crippen LogP contribution in [0.15, 0.2) is 79.0 Å². The van der Waals surface area contributed by atoms with Crippen LogP contribution in [0.3, 0.4) is 0 Å². The summed E-state index contributed by atoms with van der Waals surface area (Å²) in [6.45, 7) is 1.31. The molecule has 1 atom stereocenters. The van der Waals surface area contributed by atoms with E-state index in [2.05, 4.69) is 5.32 Å². The fourth-order valence-corrected chi connectivity index (χ4v) is 4.27. The number of nitro benzene ring substituents is 1. The second kappa shape index (κ2) is 10.9. The van der Waals surface area contributed by atoms with Crippen molar-refractivity contribution in [2.24, 2.45) is 0 Å². The van der Waals surface area contributed by atoms with Gasteiger partial charge in [-0.15, -0.1) is 0 Å². The van der Waals surface area contributed by atoms with Crippen molar-refractivity contribution in [3.8, 4) is 0 Å². The molecule has 0 saturated heterocycles. The van der Waals surface area contributed by atoms with Crippen LogP contribution in [0.5, 0.6) is 0 Å². The quantitative estimate of drug-likeness (QED) is 0.198. The SMILES string of the molecule is COCCNC(=O)C[C@H](c1ccc(F)cc1)c1cn(Cc2ccccc2)c2ccc([N+](=O)[O-])cc12. The first kappa shape index (κ1) is 24.1. The molecular weight excluding hydrogens is 449 g/mol. The number of amides is 1. The summed E-state index contributed by atoms with van der Waals surface area (Å²) >= 11 is 0. The number of carbonyl (C=O) groups is 1. The van der Waals surface area contributed by atoms with Gasteiger partial charge in [-0.2, -0.15) is 0 Å². The van der Waals surface area contributed by atoms with Crippen LogP contribution in [0.4, 0.5) is 10.1 Å². The Kier molecular flexibility index (Phi) is 7.52. The summed E-state index contributed by atoms with van der Waals surface area (Å²) in [7, 11) is 1.56. The molecule has 0 aliphatic rings. The number of benzene rings is 3. The maximum Gasteiger partial charge on any atom is 0.270 e. The highest BCUT2D eigenvalue weighted by Crippen LogP contribution is 2.36. The molecule has 0 unspecified atom stereocenters. The number of carbonyl (C=O) groups excluding carboxylic acids is 1. The molecule has 8 heteroatoms. The van der Waals surface area contributed by atoms with Gasteiger partial charge in [-0.25, -0.2) is 4.39 Å². The van der Waals surface area contributed by atoms with Crippen LogP contribution < -0.4 is 5.32 Å². The lowest BCUT2D eigenvalue weighted by Crippen LogP contribution is -2.28. The summed E-state index contributed by atoms with van der Waals surface area (Å²) in [6.07, 6.45) is 2.04. The summed E-state index contributed by atoms with van der Waals surface area (Å²) in [4.78, 5) is 23.9. The van der Waals surface area contributed by atoms with E-state index in [-0.39, 0.29) is 23.8 Å². The van der Waals surface area contributed by atoms with E-state index in [0.717, 1.165) is 22.2 Å². The van der Waals surface area contributed by atoms with E-state index in [9.17, 15) is 19.3 Å². The fourth-order valence-electron chi connectivity index (χ4n) is 4.27.